The van der Waals surface area contributed by atoms with Gasteiger partial charge in [-0.2, -0.15) is 0 Å². The molecule has 0 radical (unpaired) electrons. The van der Waals surface area contributed by atoms with Crippen molar-refractivity contribution in [3.8, 4) is 5.75 Å². The second-order valence-corrected chi connectivity index (χ2v) is 10.1. The lowest BCUT2D eigenvalue weighted by Gasteiger charge is -2.33. The van der Waals surface area contributed by atoms with E-state index in [-0.39, 0.29) is 12.1 Å². The Balaban J connectivity index is 1.52. The molecule has 0 unspecified atom stereocenters. The van der Waals surface area contributed by atoms with Crippen LogP contribution in [0.2, 0.25) is 0 Å². The summed E-state index contributed by atoms with van der Waals surface area (Å²) in [5, 5.41) is 5.96. The van der Waals surface area contributed by atoms with E-state index in [2.05, 4.69) is 15.4 Å². The summed E-state index contributed by atoms with van der Waals surface area (Å²) < 4.78 is 31.8. The van der Waals surface area contributed by atoms with Crippen LogP contribution in [-0.2, 0) is 10.0 Å². The monoisotopic (exact) mass is 382 g/mol. The molecule has 1 aromatic carbocycles. The van der Waals surface area contributed by atoms with Crippen molar-refractivity contribution in [1.82, 2.24) is 9.62 Å². The largest absolute Gasteiger partial charge is 0.471 e. The lowest BCUT2D eigenvalue weighted by molar-refractivity contribution is 0.193. The molecule has 1 aromatic rings. The molecule has 9 heteroatoms. The fourth-order valence-corrected chi connectivity index (χ4v) is 3.89. The van der Waals surface area contributed by atoms with Crippen LogP contribution >= 0.6 is 0 Å². The van der Waals surface area contributed by atoms with Gasteiger partial charge < -0.3 is 20.3 Å². The third-order valence-corrected chi connectivity index (χ3v) is 6.89. The quantitative estimate of drug-likeness (QED) is 0.744. The highest BCUT2D eigenvalue weighted by Crippen LogP contribution is 2.31. The number of fused-ring (bicyclic) bond motifs is 1. The van der Waals surface area contributed by atoms with Crippen LogP contribution in [0.25, 0.3) is 0 Å². The zero-order chi connectivity index (χ0) is 18.9. The molecule has 3 N–H and O–H groups in total. The van der Waals surface area contributed by atoms with Gasteiger partial charge in [-0.1, -0.05) is 0 Å². The summed E-state index contributed by atoms with van der Waals surface area (Å²) >= 11 is 0. The topological polar surface area (TPSA) is 99.8 Å². The number of ether oxygens (including phenoxy) is 1. The summed E-state index contributed by atoms with van der Waals surface area (Å²) in [4.78, 5) is 14.2. The molecule has 0 aromatic heterocycles. The molecule has 2 aliphatic heterocycles. The first kappa shape index (κ1) is 18.8. The summed E-state index contributed by atoms with van der Waals surface area (Å²) in [6, 6.07) is 5.14. The van der Waals surface area contributed by atoms with E-state index in [1.165, 1.54) is 0 Å². The Kier molecular flexibility index (Phi) is 5.03. The van der Waals surface area contributed by atoms with Gasteiger partial charge in [0, 0.05) is 24.8 Å². The van der Waals surface area contributed by atoms with Crippen LogP contribution in [0.3, 0.4) is 0 Å². The van der Waals surface area contributed by atoms with Gasteiger partial charge in [-0.25, -0.2) is 17.9 Å². The molecule has 2 heterocycles. The highest BCUT2D eigenvalue weighted by molar-refractivity contribution is 7.90. The number of hydrogen-bond acceptors (Lipinski definition) is 5. The number of hydrogen-bond donors (Lipinski definition) is 3. The number of benzene rings is 1. The smallest absolute Gasteiger partial charge is 0.321 e. The molecule has 0 aliphatic carbocycles. The number of rotatable bonds is 3. The second kappa shape index (κ2) is 6.96. The zero-order valence-corrected chi connectivity index (χ0v) is 16.1. The summed E-state index contributed by atoms with van der Waals surface area (Å²) in [5.74, 6) is 0.773. The van der Waals surface area contributed by atoms with Crippen molar-refractivity contribution in [2.24, 2.45) is 0 Å². The van der Waals surface area contributed by atoms with Crippen LogP contribution in [0.15, 0.2) is 18.2 Å². The summed E-state index contributed by atoms with van der Waals surface area (Å²) in [7, 11) is -3.38. The van der Waals surface area contributed by atoms with Crippen LogP contribution in [-0.4, -0.2) is 50.0 Å². The molecule has 0 bridgehead atoms. The fraction of sp³-hybridized carbons (Fsp3) is 0.588. The van der Waals surface area contributed by atoms with E-state index >= 15 is 0 Å². The molecule has 2 aliphatic rings. The van der Waals surface area contributed by atoms with Gasteiger partial charge in [0.1, 0.15) is 5.75 Å². The van der Waals surface area contributed by atoms with Crippen molar-refractivity contribution in [1.29, 1.82) is 0 Å². The van der Waals surface area contributed by atoms with E-state index in [0.717, 1.165) is 11.4 Å². The van der Waals surface area contributed by atoms with Gasteiger partial charge in [0.05, 0.1) is 10.4 Å². The minimum atomic E-state index is -3.38. The van der Waals surface area contributed by atoms with Crippen LogP contribution in [0.5, 0.6) is 5.75 Å². The molecular formula is C17H26N4O4S. The minimum Gasteiger partial charge on any atom is -0.471 e. The minimum absolute atomic E-state index is 0.135. The molecule has 1 saturated heterocycles. The van der Waals surface area contributed by atoms with Crippen LogP contribution in [0, 0.1) is 0 Å². The van der Waals surface area contributed by atoms with E-state index in [4.69, 9.17) is 4.74 Å². The number of nitrogens with zero attached hydrogens (tertiary/aromatic N) is 1. The van der Waals surface area contributed by atoms with Crippen molar-refractivity contribution in [3.63, 3.8) is 0 Å². The molecule has 144 valence electrons. The standard InChI is InChI=1S/C17H26N4O4S/c1-17(2,3)26(23,24)20-12-6-8-21(9-7-12)16(22)19-13-4-5-15-14(10-13)18-11-25-15/h4-5,10,12,18,20H,6-9,11H2,1-3H3,(H,19,22). The van der Waals surface area contributed by atoms with E-state index in [9.17, 15) is 13.2 Å². The van der Waals surface area contributed by atoms with Gasteiger partial charge in [-0.05, 0) is 51.8 Å². The predicted molar refractivity (Wildman–Crippen MR) is 101 cm³/mol. The first-order valence-electron chi connectivity index (χ1n) is 8.74. The Morgan fingerprint density at radius 1 is 1.27 bits per heavy atom. The number of amides is 2. The lowest BCUT2D eigenvalue weighted by Crippen LogP contribution is -2.50. The average Bonchev–Trinajstić information content (AvgIpc) is 3.01. The maximum atomic E-state index is 12.4. The molecule has 0 spiro atoms. The molecule has 26 heavy (non-hydrogen) atoms. The molecule has 3 rings (SSSR count). The van der Waals surface area contributed by atoms with Gasteiger partial charge >= 0.3 is 6.03 Å². The number of sulfonamides is 1. The SMILES string of the molecule is CC(C)(C)S(=O)(=O)NC1CCN(C(=O)Nc2ccc3c(c2)NCO3)CC1. The van der Waals surface area contributed by atoms with E-state index in [1.54, 1.807) is 31.7 Å². The Bertz CT molecular complexity index is 780. The Morgan fingerprint density at radius 3 is 2.62 bits per heavy atom. The van der Waals surface area contributed by atoms with Gasteiger partial charge in [-0.3, -0.25) is 0 Å². The molecule has 8 nitrogen and oxygen atoms in total. The van der Waals surface area contributed by atoms with E-state index < -0.39 is 14.8 Å². The number of nitrogens with one attached hydrogen (secondary N) is 3. The summed E-state index contributed by atoms with van der Waals surface area (Å²) in [6.07, 6.45) is 1.20. The predicted octanol–water partition coefficient (Wildman–Crippen LogP) is 2.16. The third-order valence-electron chi connectivity index (χ3n) is 4.63. The maximum Gasteiger partial charge on any atom is 0.321 e. The molecule has 2 amide bonds. The van der Waals surface area contributed by atoms with Crippen molar-refractivity contribution < 1.29 is 17.9 Å². The number of carbonyl (C=O) groups excluding carboxylic acids is 1. The number of piperidine rings is 1. The second-order valence-electron chi connectivity index (χ2n) is 7.60. The fourth-order valence-electron chi connectivity index (χ4n) is 2.86. The van der Waals surface area contributed by atoms with E-state index in [0.29, 0.717) is 38.3 Å². The normalized spacial score (nSPS) is 18.0. The van der Waals surface area contributed by atoms with Crippen LogP contribution in [0.4, 0.5) is 16.2 Å². The molecule has 0 saturated carbocycles. The molecular weight excluding hydrogens is 356 g/mol. The van der Waals surface area contributed by atoms with Crippen molar-refractivity contribution in [2.45, 2.75) is 44.4 Å². The Hall–Kier alpha value is -2.00. The van der Waals surface area contributed by atoms with Crippen LogP contribution < -0.4 is 20.1 Å². The summed E-state index contributed by atoms with van der Waals surface area (Å²) in [5.41, 5.74) is 1.56. The number of likely N-dealkylation sites (tertiary alicyclic amines) is 1. The lowest BCUT2D eigenvalue weighted by atomic mass is 10.1. The van der Waals surface area contributed by atoms with Crippen molar-refractivity contribution in [3.05, 3.63) is 18.2 Å². The molecule has 1 fully saturated rings. The van der Waals surface area contributed by atoms with Crippen LogP contribution in [0.1, 0.15) is 33.6 Å². The highest BCUT2D eigenvalue weighted by Gasteiger charge is 2.33. The van der Waals surface area contributed by atoms with Gasteiger partial charge in [0.15, 0.2) is 6.73 Å². The number of anilines is 2. The maximum absolute atomic E-state index is 12.4. The average molecular weight is 382 g/mol. The van der Waals surface area contributed by atoms with Gasteiger partial charge in [0.2, 0.25) is 10.0 Å². The Labute approximate surface area is 154 Å². The van der Waals surface area contributed by atoms with Crippen molar-refractivity contribution >= 4 is 27.4 Å². The van der Waals surface area contributed by atoms with Crippen molar-refractivity contribution in [2.75, 3.05) is 30.5 Å². The number of urea groups is 1. The Morgan fingerprint density at radius 2 is 1.96 bits per heavy atom. The van der Waals surface area contributed by atoms with Gasteiger partial charge in [0.25, 0.3) is 0 Å². The first-order valence-corrected chi connectivity index (χ1v) is 10.2. The first-order chi connectivity index (χ1) is 12.2. The molecule has 0 atom stereocenters. The van der Waals surface area contributed by atoms with E-state index in [1.807, 2.05) is 12.1 Å². The number of carbonyl (C=O) groups is 1. The third kappa shape index (κ3) is 4.04. The zero-order valence-electron chi connectivity index (χ0n) is 15.3. The summed E-state index contributed by atoms with van der Waals surface area (Å²) in [6.45, 7) is 6.48. The highest BCUT2D eigenvalue weighted by atomic mass is 32.2. The van der Waals surface area contributed by atoms with Gasteiger partial charge in [-0.15, -0.1) is 0 Å².